The Kier molecular flexibility index (Phi) is 3.56. The van der Waals surface area contributed by atoms with E-state index in [0.717, 1.165) is 11.6 Å². The predicted molar refractivity (Wildman–Crippen MR) is 87.3 cm³/mol. The Bertz CT molecular complexity index is 956. The largest absolute Gasteiger partial charge is 0.324 e. The first-order valence-corrected chi connectivity index (χ1v) is 7.63. The summed E-state index contributed by atoms with van der Waals surface area (Å²) in [4.78, 5) is 4.30. The highest BCUT2D eigenvalue weighted by Gasteiger charge is 2.25. The number of benzene rings is 2. The fraction of sp³-hybridized carbons (Fsp3) is 0.111. The number of halogens is 3. The van der Waals surface area contributed by atoms with Gasteiger partial charge in [-0.25, -0.2) is 17.9 Å². The highest BCUT2D eigenvalue weighted by molar-refractivity contribution is 5.77. The topological polar surface area (TPSA) is 42.7 Å². The molecule has 0 saturated heterocycles. The van der Waals surface area contributed by atoms with Crippen molar-refractivity contribution in [3.05, 3.63) is 82.9 Å². The van der Waals surface area contributed by atoms with Gasteiger partial charge in [-0.1, -0.05) is 0 Å². The number of aryl methyl sites for hydroxylation is 1. The van der Waals surface area contributed by atoms with Crippen LogP contribution in [0.15, 0.2) is 48.5 Å². The molecule has 0 unspecified atom stereocenters. The zero-order valence-corrected chi connectivity index (χ0v) is 13.2. The number of rotatable bonds is 2. The number of nitrogens with zero attached hydrogens (tertiary/aromatic N) is 3. The van der Waals surface area contributed by atoms with Gasteiger partial charge in [0, 0.05) is 11.8 Å². The molecule has 126 valence electrons. The van der Waals surface area contributed by atoms with Crippen LogP contribution in [-0.4, -0.2) is 14.8 Å². The van der Waals surface area contributed by atoms with Gasteiger partial charge in [-0.15, -0.1) is 0 Å². The summed E-state index contributed by atoms with van der Waals surface area (Å²) in [5, 5.41) is 7.43. The van der Waals surface area contributed by atoms with Crippen LogP contribution < -0.4 is 5.32 Å². The first kappa shape index (κ1) is 15.4. The molecule has 7 heteroatoms. The lowest BCUT2D eigenvalue weighted by molar-refractivity contribution is 0.560. The van der Waals surface area contributed by atoms with Crippen molar-refractivity contribution in [3.8, 4) is 0 Å². The summed E-state index contributed by atoms with van der Waals surface area (Å²) < 4.78 is 42.1. The van der Waals surface area contributed by atoms with Gasteiger partial charge >= 0.3 is 0 Å². The van der Waals surface area contributed by atoms with Crippen molar-refractivity contribution in [3.63, 3.8) is 0 Å². The maximum atomic E-state index is 13.7. The third kappa shape index (κ3) is 2.88. The van der Waals surface area contributed by atoms with Crippen molar-refractivity contribution in [2.24, 2.45) is 0 Å². The van der Waals surface area contributed by atoms with Crippen molar-refractivity contribution in [2.45, 2.75) is 13.0 Å². The third-order valence-corrected chi connectivity index (χ3v) is 3.95. The molecule has 0 bridgehead atoms. The summed E-state index contributed by atoms with van der Waals surface area (Å²) in [6.07, 6.45) is 1.78. The van der Waals surface area contributed by atoms with Gasteiger partial charge in [0.05, 0.1) is 0 Å². The van der Waals surface area contributed by atoms with Crippen LogP contribution in [0.1, 0.15) is 23.0 Å². The molecule has 25 heavy (non-hydrogen) atoms. The summed E-state index contributed by atoms with van der Waals surface area (Å²) in [6.45, 7) is 1.73. The SMILES string of the molecule is Cc1nc2n(n1)[C@H](c1cc(F)cc(F)c1)C=C(c1ccc(F)cc1)N2. The minimum atomic E-state index is -0.663. The van der Waals surface area contributed by atoms with Crippen LogP contribution in [0, 0.1) is 24.4 Å². The number of aromatic nitrogens is 3. The summed E-state index contributed by atoms with van der Waals surface area (Å²) in [6, 6.07) is 8.74. The fourth-order valence-corrected chi connectivity index (χ4v) is 2.88. The highest BCUT2D eigenvalue weighted by Crippen LogP contribution is 2.33. The molecule has 1 aliphatic heterocycles. The quantitative estimate of drug-likeness (QED) is 0.764. The first-order chi connectivity index (χ1) is 12.0. The van der Waals surface area contributed by atoms with E-state index in [0.29, 0.717) is 23.0 Å². The average molecular weight is 342 g/mol. The van der Waals surface area contributed by atoms with E-state index in [9.17, 15) is 13.2 Å². The maximum absolute atomic E-state index is 13.7. The second-order valence-electron chi connectivity index (χ2n) is 5.79. The normalized spacial score (nSPS) is 16.2. The molecule has 1 aliphatic rings. The van der Waals surface area contributed by atoms with Gasteiger partial charge in [0.2, 0.25) is 5.95 Å². The van der Waals surface area contributed by atoms with Crippen LogP contribution in [0.5, 0.6) is 0 Å². The minimum absolute atomic E-state index is 0.345. The van der Waals surface area contributed by atoms with E-state index in [-0.39, 0.29) is 5.82 Å². The monoisotopic (exact) mass is 342 g/mol. The number of hydrogen-bond acceptors (Lipinski definition) is 3. The molecule has 2 heterocycles. The summed E-state index contributed by atoms with van der Waals surface area (Å²) in [5.74, 6) is -0.692. The van der Waals surface area contributed by atoms with Crippen LogP contribution in [0.2, 0.25) is 0 Å². The van der Waals surface area contributed by atoms with Gasteiger partial charge in [0.15, 0.2) is 0 Å². The van der Waals surface area contributed by atoms with Crippen molar-refractivity contribution in [1.29, 1.82) is 0 Å². The lowest BCUT2D eigenvalue weighted by Crippen LogP contribution is -2.20. The van der Waals surface area contributed by atoms with Crippen molar-refractivity contribution in [2.75, 3.05) is 5.32 Å². The molecular formula is C18H13F3N4. The molecule has 0 fully saturated rings. The number of anilines is 1. The maximum Gasteiger partial charge on any atom is 0.226 e. The Hall–Kier alpha value is -3.09. The number of fused-ring (bicyclic) bond motifs is 1. The van der Waals surface area contributed by atoms with Crippen molar-refractivity contribution in [1.82, 2.24) is 14.8 Å². The molecule has 2 aromatic carbocycles. The fourth-order valence-electron chi connectivity index (χ4n) is 2.88. The Labute approximate surface area is 141 Å². The van der Waals surface area contributed by atoms with Crippen LogP contribution in [0.3, 0.4) is 0 Å². The minimum Gasteiger partial charge on any atom is -0.324 e. The number of allylic oxidation sites excluding steroid dienone is 1. The van der Waals surface area contributed by atoms with Crippen LogP contribution in [-0.2, 0) is 0 Å². The van der Waals surface area contributed by atoms with E-state index in [1.165, 1.54) is 24.3 Å². The van der Waals surface area contributed by atoms with Gasteiger partial charge in [0.25, 0.3) is 0 Å². The van der Waals surface area contributed by atoms with Crippen LogP contribution >= 0.6 is 0 Å². The summed E-state index contributed by atoms with van der Waals surface area (Å²) in [5.41, 5.74) is 1.80. The lowest BCUT2D eigenvalue weighted by atomic mass is 10.0. The summed E-state index contributed by atoms with van der Waals surface area (Å²) in [7, 11) is 0. The van der Waals surface area contributed by atoms with Crippen molar-refractivity contribution >= 4 is 11.6 Å². The van der Waals surface area contributed by atoms with Gasteiger partial charge in [-0.05, 0) is 60.5 Å². The van der Waals surface area contributed by atoms with Gasteiger partial charge in [-0.2, -0.15) is 10.1 Å². The molecule has 0 aliphatic carbocycles. The standard InChI is InChI=1S/C18H13F3N4/c1-10-22-18-23-16(11-2-4-13(19)5-3-11)9-17(25(18)24-10)12-6-14(20)8-15(21)7-12/h2-9,17H,1H3,(H,22,23,24)/t17-/m0/s1. The Morgan fingerprint density at radius 1 is 0.960 bits per heavy atom. The Morgan fingerprint density at radius 2 is 1.64 bits per heavy atom. The van der Waals surface area contributed by atoms with Gasteiger partial charge < -0.3 is 5.32 Å². The molecular weight excluding hydrogens is 329 g/mol. The van der Waals surface area contributed by atoms with E-state index in [4.69, 9.17) is 0 Å². The molecule has 4 nitrogen and oxygen atoms in total. The highest BCUT2D eigenvalue weighted by atomic mass is 19.1. The lowest BCUT2D eigenvalue weighted by Gasteiger charge is -2.24. The zero-order valence-electron chi connectivity index (χ0n) is 13.2. The first-order valence-electron chi connectivity index (χ1n) is 7.63. The molecule has 1 atom stereocenters. The predicted octanol–water partition coefficient (Wildman–Crippen LogP) is 4.06. The molecule has 0 radical (unpaired) electrons. The van der Waals surface area contributed by atoms with E-state index < -0.39 is 17.7 Å². The third-order valence-electron chi connectivity index (χ3n) is 3.95. The average Bonchev–Trinajstić information content (AvgIpc) is 2.93. The number of hydrogen-bond donors (Lipinski definition) is 1. The molecule has 4 rings (SSSR count). The van der Waals surface area contributed by atoms with E-state index >= 15 is 0 Å². The van der Waals surface area contributed by atoms with Crippen LogP contribution in [0.25, 0.3) is 5.70 Å². The van der Waals surface area contributed by atoms with E-state index in [2.05, 4.69) is 15.4 Å². The molecule has 0 spiro atoms. The van der Waals surface area contributed by atoms with Crippen LogP contribution in [0.4, 0.5) is 19.1 Å². The number of nitrogens with one attached hydrogen (secondary N) is 1. The zero-order chi connectivity index (χ0) is 17.6. The van der Waals surface area contributed by atoms with E-state index in [1.807, 2.05) is 0 Å². The van der Waals surface area contributed by atoms with Gasteiger partial charge in [0.1, 0.15) is 29.3 Å². The second kappa shape index (κ2) is 5.77. The van der Waals surface area contributed by atoms with Gasteiger partial charge in [-0.3, -0.25) is 0 Å². The van der Waals surface area contributed by atoms with E-state index in [1.54, 1.807) is 29.8 Å². The molecule has 1 aromatic heterocycles. The summed E-state index contributed by atoms with van der Waals surface area (Å²) >= 11 is 0. The smallest absolute Gasteiger partial charge is 0.226 e. The second-order valence-corrected chi connectivity index (χ2v) is 5.79. The molecule has 3 aromatic rings. The molecule has 0 saturated carbocycles. The van der Waals surface area contributed by atoms with Crippen molar-refractivity contribution < 1.29 is 13.2 Å². The Morgan fingerprint density at radius 3 is 2.32 bits per heavy atom. The Balaban J connectivity index is 1.85. The molecule has 1 N–H and O–H groups in total. The molecule has 0 amide bonds.